The van der Waals surface area contributed by atoms with Gasteiger partial charge in [0.2, 0.25) is 0 Å². The monoisotopic (exact) mass is 213 g/mol. The molecule has 0 aliphatic heterocycles. The Morgan fingerprint density at radius 1 is 1.50 bits per heavy atom. The van der Waals surface area contributed by atoms with Gasteiger partial charge in [0, 0.05) is 11.4 Å². The van der Waals surface area contributed by atoms with Crippen LogP contribution in [-0.2, 0) is 11.3 Å². The molecule has 1 heterocycles. The highest BCUT2D eigenvalue weighted by Gasteiger charge is 2.23. The number of rotatable bonds is 4. The van der Waals surface area contributed by atoms with Crippen LogP contribution in [0.3, 0.4) is 0 Å². The first-order valence-electron chi connectivity index (χ1n) is 4.88. The molecule has 3 heteroatoms. The van der Waals surface area contributed by atoms with E-state index in [0.717, 1.165) is 0 Å². The van der Waals surface area contributed by atoms with Crippen molar-refractivity contribution in [2.75, 3.05) is 6.54 Å². The molecule has 1 unspecified atom stereocenters. The maximum atomic E-state index is 5.79. The van der Waals surface area contributed by atoms with Gasteiger partial charge in [0.15, 0.2) is 0 Å². The summed E-state index contributed by atoms with van der Waals surface area (Å²) in [6.07, 6.45) is 0.129. The van der Waals surface area contributed by atoms with Crippen LogP contribution >= 0.6 is 11.3 Å². The molecule has 14 heavy (non-hydrogen) atoms. The standard InChI is InChI=1S/C11H19NOS/c1-11(2,3)10(7-12)13-8-9-5-4-6-14-9/h4-6,10H,7-8,12H2,1-3H3. The van der Waals surface area contributed by atoms with Crippen LogP contribution in [0.4, 0.5) is 0 Å². The lowest BCUT2D eigenvalue weighted by Crippen LogP contribution is -2.36. The Balaban J connectivity index is 2.43. The molecule has 1 atom stereocenters. The molecular formula is C11H19NOS. The van der Waals surface area contributed by atoms with Gasteiger partial charge in [0.05, 0.1) is 12.7 Å². The van der Waals surface area contributed by atoms with Crippen LogP contribution in [0.15, 0.2) is 17.5 Å². The Hall–Kier alpha value is -0.380. The lowest BCUT2D eigenvalue weighted by Gasteiger charge is -2.29. The molecule has 1 rings (SSSR count). The molecule has 0 saturated carbocycles. The van der Waals surface area contributed by atoms with Crippen molar-refractivity contribution >= 4 is 11.3 Å². The highest BCUT2D eigenvalue weighted by Crippen LogP contribution is 2.23. The minimum absolute atomic E-state index is 0.117. The Morgan fingerprint density at radius 3 is 2.64 bits per heavy atom. The average molecular weight is 213 g/mol. The molecule has 2 N–H and O–H groups in total. The zero-order valence-electron chi connectivity index (χ0n) is 9.12. The van der Waals surface area contributed by atoms with E-state index in [2.05, 4.69) is 32.2 Å². The average Bonchev–Trinajstić information content (AvgIpc) is 2.55. The fraction of sp³-hybridized carbons (Fsp3) is 0.636. The van der Waals surface area contributed by atoms with Gasteiger partial charge in [-0.3, -0.25) is 0 Å². The smallest absolute Gasteiger partial charge is 0.0814 e. The normalized spacial score (nSPS) is 14.3. The summed E-state index contributed by atoms with van der Waals surface area (Å²) in [6.45, 7) is 7.71. The molecule has 0 aliphatic carbocycles. The lowest BCUT2D eigenvalue weighted by atomic mass is 9.89. The summed E-state index contributed by atoms with van der Waals surface area (Å²) in [5, 5.41) is 2.06. The van der Waals surface area contributed by atoms with Crippen LogP contribution in [0.1, 0.15) is 25.6 Å². The van der Waals surface area contributed by atoms with Gasteiger partial charge in [0.1, 0.15) is 0 Å². The number of hydrogen-bond acceptors (Lipinski definition) is 3. The molecule has 80 valence electrons. The molecule has 0 spiro atoms. The maximum Gasteiger partial charge on any atom is 0.0814 e. The van der Waals surface area contributed by atoms with Crippen LogP contribution in [0.25, 0.3) is 0 Å². The molecule has 0 saturated heterocycles. The zero-order valence-corrected chi connectivity index (χ0v) is 9.93. The minimum atomic E-state index is 0.117. The largest absolute Gasteiger partial charge is 0.371 e. The topological polar surface area (TPSA) is 35.2 Å². The summed E-state index contributed by atoms with van der Waals surface area (Å²) in [5.41, 5.74) is 5.79. The van der Waals surface area contributed by atoms with Gasteiger partial charge < -0.3 is 10.5 Å². The number of thiophene rings is 1. The van der Waals surface area contributed by atoms with Crippen molar-refractivity contribution in [3.8, 4) is 0 Å². The summed E-state index contributed by atoms with van der Waals surface area (Å²) < 4.78 is 5.79. The Bertz CT molecular complexity index is 251. The van der Waals surface area contributed by atoms with E-state index in [1.165, 1.54) is 4.88 Å². The second kappa shape index (κ2) is 4.91. The van der Waals surface area contributed by atoms with Gasteiger partial charge >= 0.3 is 0 Å². The third-order valence-electron chi connectivity index (χ3n) is 2.19. The Kier molecular flexibility index (Phi) is 4.11. The lowest BCUT2D eigenvalue weighted by molar-refractivity contribution is -0.0205. The van der Waals surface area contributed by atoms with Crippen LogP contribution in [0.2, 0.25) is 0 Å². The van der Waals surface area contributed by atoms with Crippen LogP contribution in [0.5, 0.6) is 0 Å². The predicted molar refractivity (Wildman–Crippen MR) is 61.4 cm³/mol. The minimum Gasteiger partial charge on any atom is -0.371 e. The molecule has 0 aromatic carbocycles. The summed E-state index contributed by atoms with van der Waals surface area (Å²) in [4.78, 5) is 1.26. The van der Waals surface area contributed by atoms with Gasteiger partial charge in [-0.15, -0.1) is 11.3 Å². The molecule has 1 aromatic heterocycles. The van der Waals surface area contributed by atoms with Crippen LogP contribution in [0, 0.1) is 5.41 Å². The number of ether oxygens (including phenoxy) is 1. The molecule has 0 radical (unpaired) electrons. The maximum absolute atomic E-state index is 5.79. The second-order valence-corrected chi connectivity index (χ2v) is 5.51. The summed E-state index contributed by atoms with van der Waals surface area (Å²) in [7, 11) is 0. The Morgan fingerprint density at radius 2 is 2.21 bits per heavy atom. The number of nitrogens with two attached hydrogens (primary N) is 1. The first-order chi connectivity index (χ1) is 6.54. The molecule has 0 amide bonds. The zero-order chi connectivity index (χ0) is 10.6. The van der Waals surface area contributed by atoms with Crippen molar-refractivity contribution in [3.63, 3.8) is 0 Å². The van der Waals surface area contributed by atoms with Crippen molar-refractivity contribution in [3.05, 3.63) is 22.4 Å². The van der Waals surface area contributed by atoms with Gasteiger partial charge in [0.25, 0.3) is 0 Å². The van der Waals surface area contributed by atoms with Gasteiger partial charge in [-0.25, -0.2) is 0 Å². The van der Waals surface area contributed by atoms with E-state index < -0.39 is 0 Å². The quantitative estimate of drug-likeness (QED) is 0.834. The summed E-state index contributed by atoms with van der Waals surface area (Å²) in [5.74, 6) is 0. The molecule has 1 aromatic rings. The SMILES string of the molecule is CC(C)(C)C(CN)OCc1cccs1. The van der Waals surface area contributed by atoms with E-state index in [0.29, 0.717) is 13.2 Å². The first kappa shape index (κ1) is 11.7. The van der Waals surface area contributed by atoms with Crippen LogP contribution in [-0.4, -0.2) is 12.6 Å². The fourth-order valence-corrected chi connectivity index (χ4v) is 1.87. The van der Waals surface area contributed by atoms with Crippen molar-refractivity contribution in [2.45, 2.75) is 33.5 Å². The van der Waals surface area contributed by atoms with Crippen molar-refractivity contribution in [1.29, 1.82) is 0 Å². The molecule has 0 fully saturated rings. The fourth-order valence-electron chi connectivity index (χ4n) is 1.25. The summed E-state index contributed by atoms with van der Waals surface area (Å²) in [6, 6.07) is 4.12. The van der Waals surface area contributed by atoms with E-state index in [9.17, 15) is 0 Å². The molecular weight excluding hydrogens is 194 g/mol. The van der Waals surface area contributed by atoms with Crippen LogP contribution < -0.4 is 5.73 Å². The van der Waals surface area contributed by atoms with E-state index in [1.54, 1.807) is 11.3 Å². The van der Waals surface area contributed by atoms with Gasteiger partial charge in [-0.1, -0.05) is 26.8 Å². The van der Waals surface area contributed by atoms with E-state index in [4.69, 9.17) is 10.5 Å². The third-order valence-corrected chi connectivity index (χ3v) is 3.04. The van der Waals surface area contributed by atoms with E-state index in [-0.39, 0.29) is 11.5 Å². The highest BCUT2D eigenvalue weighted by molar-refractivity contribution is 7.09. The van der Waals surface area contributed by atoms with E-state index in [1.807, 2.05) is 6.07 Å². The second-order valence-electron chi connectivity index (χ2n) is 4.48. The molecule has 0 bridgehead atoms. The first-order valence-corrected chi connectivity index (χ1v) is 5.76. The van der Waals surface area contributed by atoms with E-state index >= 15 is 0 Å². The predicted octanol–water partition coefficient (Wildman–Crippen LogP) is 2.64. The Labute approximate surface area is 90.1 Å². The van der Waals surface area contributed by atoms with Gasteiger partial charge in [-0.05, 0) is 16.9 Å². The van der Waals surface area contributed by atoms with Crippen molar-refractivity contribution in [1.82, 2.24) is 0 Å². The van der Waals surface area contributed by atoms with Crippen molar-refractivity contribution in [2.24, 2.45) is 11.1 Å². The highest BCUT2D eigenvalue weighted by atomic mass is 32.1. The number of hydrogen-bond donors (Lipinski definition) is 1. The van der Waals surface area contributed by atoms with Gasteiger partial charge in [-0.2, -0.15) is 0 Å². The van der Waals surface area contributed by atoms with Crippen molar-refractivity contribution < 1.29 is 4.74 Å². The molecule has 2 nitrogen and oxygen atoms in total. The molecule has 0 aliphatic rings. The summed E-state index contributed by atoms with van der Waals surface area (Å²) >= 11 is 1.72. The third kappa shape index (κ3) is 3.40.